The molecule has 1 saturated heterocycles. The van der Waals surface area contributed by atoms with E-state index in [-0.39, 0.29) is 11.8 Å². The van der Waals surface area contributed by atoms with E-state index in [1.807, 2.05) is 61.5 Å². The summed E-state index contributed by atoms with van der Waals surface area (Å²) in [6.45, 7) is 3.68. The third-order valence-corrected chi connectivity index (χ3v) is 6.56. The lowest BCUT2D eigenvalue weighted by molar-refractivity contribution is 0.114. The van der Waals surface area contributed by atoms with Crippen molar-refractivity contribution < 1.29 is 15.0 Å². The lowest BCUT2D eigenvalue weighted by Crippen LogP contribution is -2.49. The number of hydrogen-bond donors (Lipinski definition) is 2. The Morgan fingerprint density at radius 2 is 1.83 bits per heavy atom. The van der Waals surface area contributed by atoms with E-state index in [1.165, 1.54) is 0 Å². The highest BCUT2D eigenvalue weighted by Gasteiger charge is 2.30. The molecular formula is C28H28N4O3. The number of carbonyl (C=O) groups is 1. The lowest BCUT2D eigenvalue weighted by atomic mass is 10.0. The zero-order valence-corrected chi connectivity index (χ0v) is 19.6. The fraction of sp³-hybridized carbons (Fsp3) is 0.250. The number of benzene rings is 3. The normalized spacial score (nSPS) is 15.8. The summed E-state index contributed by atoms with van der Waals surface area (Å²) in [5, 5.41) is 21.4. The summed E-state index contributed by atoms with van der Waals surface area (Å²) in [5.74, 6) is 1.35. The number of carboxylic acid groups (broad SMARTS) is 1. The van der Waals surface area contributed by atoms with Crippen LogP contribution < -0.4 is 4.90 Å². The molecule has 35 heavy (non-hydrogen) atoms. The van der Waals surface area contributed by atoms with Crippen LogP contribution in [0.15, 0.2) is 72.8 Å². The number of aromatic nitrogens is 2. The van der Waals surface area contributed by atoms with Crippen LogP contribution in [-0.2, 0) is 6.54 Å². The first-order chi connectivity index (χ1) is 17.0. The Hall–Kier alpha value is -4.13. The average Bonchev–Trinajstić information content (AvgIpc) is 2.87. The van der Waals surface area contributed by atoms with Crippen molar-refractivity contribution in [3.8, 4) is 17.1 Å². The number of anilines is 1. The Morgan fingerprint density at radius 3 is 2.60 bits per heavy atom. The molecule has 0 aliphatic carbocycles. The van der Waals surface area contributed by atoms with Gasteiger partial charge in [0.2, 0.25) is 0 Å². The molecule has 0 spiro atoms. The maximum atomic E-state index is 12.2. The number of fused-ring (bicyclic) bond motifs is 1. The molecule has 4 aromatic rings. The van der Waals surface area contributed by atoms with Gasteiger partial charge in [0.15, 0.2) is 5.82 Å². The fourth-order valence-electron chi connectivity index (χ4n) is 4.78. The second kappa shape index (κ2) is 9.62. The molecule has 0 radical (unpaired) electrons. The van der Waals surface area contributed by atoms with Crippen molar-refractivity contribution in [1.82, 2.24) is 14.9 Å². The molecule has 7 nitrogen and oxygen atoms in total. The van der Waals surface area contributed by atoms with Gasteiger partial charge in [0, 0.05) is 25.0 Å². The summed E-state index contributed by atoms with van der Waals surface area (Å²) in [7, 11) is 0. The van der Waals surface area contributed by atoms with Crippen LogP contribution >= 0.6 is 0 Å². The highest BCUT2D eigenvalue weighted by Crippen LogP contribution is 2.33. The number of phenols is 1. The molecule has 3 aromatic carbocycles. The highest BCUT2D eigenvalue weighted by molar-refractivity contribution is 5.92. The molecule has 1 amide bonds. The van der Waals surface area contributed by atoms with E-state index in [2.05, 4.69) is 4.90 Å². The van der Waals surface area contributed by atoms with Crippen LogP contribution in [0, 0.1) is 6.92 Å². The minimum atomic E-state index is -0.918. The highest BCUT2D eigenvalue weighted by atomic mass is 16.4. The summed E-state index contributed by atoms with van der Waals surface area (Å²) >= 11 is 0. The van der Waals surface area contributed by atoms with Gasteiger partial charge < -0.3 is 15.1 Å². The molecule has 178 valence electrons. The number of hydrogen-bond acceptors (Lipinski definition) is 5. The molecule has 0 bridgehead atoms. The number of amides is 1. The van der Waals surface area contributed by atoms with Gasteiger partial charge in [-0.1, -0.05) is 48.5 Å². The first-order valence-electron chi connectivity index (χ1n) is 11.8. The van der Waals surface area contributed by atoms with Crippen molar-refractivity contribution in [2.24, 2.45) is 0 Å². The Morgan fingerprint density at radius 1 is 1.06 bits per heavy atom. The van der Waals surface area contributed by atoms with Crippen LogP contribution in [0.1, 0.15) is 24.0 Å². The summed E-state index contributed by atoms with van der Waals surface area (Å²) in [4.78, 5) is 25.6. The van der Waals surface area contributed by atoms with Crippen molar-refractivity contribution in [2.75, 3.05) is 18.0 Å². The maximum Gasteiger partial charge on any atom is 0.407 e. The predicted molar refractivity (Wildman–Crippen MR) is 137 cm³/mol. The molecule has 1 aliphatic heterocycles. The molecule has 2 N–H and O–H groups in total. The molecule has 0 saturated carbocycles. The second-order valence-corrected chi connectivity index (χ2v) is 9.05. The zero-order chi connectivity index (χ0) is 24.4. The first kappa shape index (κ1) is 22.7. The van der Waals surface area contributed by atoms with Gasteiger partial charge in [-0.05, 0) is 55.2 Å². The van der Waals surface area contributed by atoms with Crippen molar-refractivity contribution >= 4 is 22.8 Å². The number of rotatable bonds is 5. The standard InChI is InChI=1S/C28H28N4O3/c1-19-13-14-22-24(16-19)29-26(23-11-5-6-12-25(23)33)30-27(22)31-15-7-10-21(18-31)32(28(34)35)17-20-8-3-2-4-9-20/h2-6,8-9,11-14,16,21,33H,7,10,15,17-18H2,1H3,(H,34,35). The number of nitrogens with zero attached hydrogens (tertiary/aromatic N) is 4. The van der Waals surface area contributed by atoms with Gasteiger partial charge in [-0.3, -0.25) is 4.90 Å². The van der Waals surface area contributed by atoms with Gasteiger partial charge in [0.05, 0.1) is 17.1 Å². The average molecular weight is 469 g/mol. The zero-order valence-electron chi connectivity index (χ0n) is 19.6. The van der Waals surface area contributed by atoms with Crippen LogP contribution in [0.3, 0.4) is 0 Å². The quantitative estimate of drug-likeness (QED) is 0.404. The minimum Gasteiger partial charge on any atom is -0.507 e. The maximum absolute atomic E-state index is 12.2. The molecule has 2 heterocycles. The van der Waals surface area contributed by atoms with E-state index in [0.29, 0.717) is 24.5 Å². The van der Waals surface area contributed by atoms with Crippen molar-refractivity contribution in [2.45, 2.75) is 32.4 Å². The smallest absolute Gasteiger partial charge is 0.407 e. The van der Waals surface area contributed by atoms with Crippen LogP contribution in [-0.4, -0.2) is 50.3 Å². The largest absolute Gasteiger partial charge is 0.507 e. The SMILES string of the molecule is Cc1ccc2c(N3CCCC(N(Cc4ccccc4)C(=O)O)C3)nc(-c3ccccc3O)nc2c1. The number of phenolic OH excluding ortho intramolecular Hbond substituents is 1. The van der Waals surface area contributed by atoms with Gasteiger partial charge in [-0.25, -0.2) is 14.8 Å². The number of aryl methyl sites for hydroxylation is 1. The Kier molecular flexibility index (Phi) is 6.23. The summed E-state index contributed by atoms with van der Waals surface area (Å²) < 4.78 is 0. The lowest BCUT2D eigenvalue weighted by Gasteiger charge is -2.39. The Balaban J connectivity index is 1.52. The first-order valence-corrected chi connectivity index (χ1v) is 11.8. The minimum absolute atomic E-state index is 0.127. The van der Waals surface area contributed by atoms with E-state index < -0.39 is 6.09 Å². The van der Waals surface area contributed by atoms with Crippen molar-refractivity contribution in [1.29, 1.82) is 0 Å². The molecular weight excluding hydrogens is 440 g/mol. The fourth-order valence-corrected chi connectivity index (χ4v) is 4.78. The number of para-hydroxylation sites is 1. The Bertz CT molecular complexity index is 1360. The summed E-state index contributed by atoms with van der Waals surface area (Å²) in [6.07, 6.45) is 0.732. The molecule has 1 atom stereocenters. The van der Waals surface area contributed by atoms with Crippen LogP contribution in [0.5, 0.6) is 5.75 Å². The van der Waals surface area contributed by atoms with E-state index in [0.717, 1.165) is 47.2 Å². The molecule has 1 unspecified atom stereocenters. The Labute approximate surface area is 204 Å². The van der Waals surface area contributed by atoms with Crippen LogP contribution in [0.4, 0.5) is 10.6 Å². The van der Waals surface area contributed by atoms with Crippen LogP contribution in [0.2, 0.25) is 0 Å². The van der Waals surface area contributed by atoms with Gasteiger partial charge >= 0.3 is 6.09 Å². The van der Waals surface area contributed by atoms with Crippen LogP contribution in [0.25, 0.3) is 22.3 Å². The van der Waals surface area contributed by atoms with Gasteiger partial charge in [-0.2, -0.15) is 0 Å². The molecule has 1 aromatic heterocycles. The van der Waals surface area contributed by atoms with Crippen molar-refractivity contribution in [3.05, 3.63) is 83.9 Å². The van der Waals surface area contributed by atoms with Gasteiger partial charge in [0.1, 0.15) is 11.6 Å². The number of aromatic hydroxyl groups is 1. The van der Waals surface area contributed by atoms with Crippen molar-refractivity contribution in [3.63, 3.8) is 0 Å². The van der Waals surface area contributed by atoms with E-state index in [4.69, 9.17) is 9.97 Å². The van der Waals surface area contributed by atoms with E-state index in [1.54, 1.807) is 23.1 Å². The van der Waals surface area contributed by atoms with E-state index in [9.17, 15) is 15.0 Å². The van der Waals surface area contributed by atoms with E-state index >= 15 is 0 Å². The topological polar surface area (TPSA) is 89.8 Å². The molecule has 1 aliphatic rings. The number of piperidine rings is 1. The summed E-state index contributed by atoms with van der Waals surface area (Å²) in [6, 6.07) is 22.7. The molecule has 7 heteroatoms. The molecule has 5 rings (SSSR count). The van der Waals surface area contributed by atoms with Gasteiger partial charge in [-0.15, -0.1) is 0 Å². The third-order valence-electron chi connectivity index (χ3n) is 6.56. The summed E-state index contributed by atoms with van der Waals surface area (Å²) in [5.41, 5.74) is 3.43. The second-order valence-electron chi connectivity index (χ2n) is 9.05. The predicted octanol–water partition coefficient (Wildman–Crippen LogP) is 5.46. The third kappa shape index (κ3) is 4.75. The molecule has 1 fully saturated rings. The monoisotopic (exact) mass is 468 g/mol. The van der Waals surface area contributed by atoms with Gasteiger partial charge in [0.25, 0.3) is 0 Å².